The first-order chi connectivity index (χ1) is 8.33. The van der Waals surface area contributed by atoms with Crippen LogP contribution in [0.25, 0.3) is 0 Å². The van der Waals surface area contributed by atoms with Crippen LogP contribution in [-0.4, -0.2) is 17.4 Å². The molecule has 0 saturated heterocycles. The molecule has 0 atom stereocenters. The van der Waals surface area contributed by atoms with Crippen molar-refractivity contribution in [2.75, 3.05) is 6.54 Å². The van der Waals surface area contributed by atoms with E-state index in [0.717, 1.165) is 38.6 Å². The van der Waals surface area contributed by atoms with Crippen LogP contribution in [0.5, 0.6) is 0 Å². The first-order valence-corrected chi connectivity index (χ1v) is 6.28. The maximum Gasteiger partial charge on any atom is 0.219 e. The largest absolute Gasteiger partial charge is 0.356 e. The Morgan fingerprint density at radius 3 is 2.94 bits per heavy atom. The molecule has 0 aliphatic rings. The molecule has 17 heavy (non-hydrogen) atoms. The van der Waals surface area contributed by atoms with Crippen LogP contribution < -0.4 is 5.32 Å². The van der Waals surface area contributed by atoms with Crippen molar-refractivity contribution in [3.63, 3.8) is 0 Å². The first-order valence-electron chi connectivity index (χ1n) is 6.28. The Hall–Kier alpha value is -1.38. The van der Waals surface area contributed by atoms with Crippen LogP contribution >= 0.6 is 0 Å². The minimum absolute atomic E-state index is 0.157. The van der Waals surface area contributed by atoms with Crippen molar-refractivity contribution in [3.05, 3.63) is 37.0 Å². The van der Waals surface area contributed by atoms with Gasteiger partial charge < -0.3 is 5.32 Å². The predicted octanol–water partition coefficient (Wildman–Crippen LogP) is 2.52. The predicted molar refractivity (Wildman–Crippen MR) is 69.4 cm³/mol. The molecule has 1 heterocycles. The number of unbranched alkanes of at least 4 members (excludes halogenated alkanes) is 2. The van der Waals surface area contributed by atoms with Crippen LogP contribution in [0.15, 0.2) is 24.5 Å². The molecule has 93 valence electrons. The molecular formula is C14H21N2O. The van der Waals surface area contributed by atoms with Crippen LogP contribution in [0.2, 0.25) is 0 Å². The number of nitrogens with one attached hydrogen (secondary N) is 1. The summed E-state index contributed by atoms with van der Waals surface area (Å²) in [5.74, 6) is 0.157. The Balaban J connectivity index is 2.02. The Morgan fingerprint density at radius 1 is 1.35 bits per heavy atom. The summed E-state index contributed by atoms with van der Waals surface area (Å²) in [5, 5.41) is 2.89. The minimum Gasteiger partial charge on any atom is -0.356 e. The van der Waals surface area contributed by atoms with Crippen molar-refractivity contribution in [3.8, 4) is 0 Å². The molecule has 1 rings (SSSR count). The zero-order chi connectivity index (χ0) is 12.3. The molecule has 0 fully saturated rings. The number of pyridine rings is 1. The average Bonchev–Trinajstić information content (AvgIpc) is 2.36. The fourth-order valence-electron chi connectivity index (χ4n) is 1.60. The molecule has 1 amide bonds. The monoisotopic (exact) mass is 233 g/mol. The number of hydrogen-bond donors (Lipinski definition) is 1. The minimum atomic E-state index is 0.157. The van der Waals surface area contributed by atoms with Gasteiger partial charge >= 0.3 is 0 Å². The zero-order valence-corrected chi connectivity index (χ0v) is 10.3. The van der Waals surface area contributed by atoms with Crippen LogP contribution in [0.3, 0.4) is 0 Å². The first kappa shape index (κ1) is 13.7. The van der Waals surface area contributed by atoms with Gasteiger partial charge in [-0.25, -0.2) is 0 Å². The Morgan fingerprint density at radius 2 is 2.24 bits per heavy atom. The van der Waals surface area contributed by atoms with Crippen LogP contribution in [0.1, 0.15) is 37.7 Å². The molecule has 3 nitrogen and oxygen atoms in total. The van der Waals surface area contributed by atoms with E-state index in [4.69, 9.17) is 0 Å². The van der Waals surface area contributed by atoms with E-state index in [2.05, 4.69) is 23.3 Å². The van der Waals surface area contributed by atoms with E-state index in [1.807, 2.05) is 12.3 Å². The van der Waals surface area contributed by atoms with Gasteiger partial charge in [-0.3, -0.25) is 9.78 Å². The van der Waals surface area contributed by atoms with Crippen molar-refractivity contribution >= 4 is 5.91 Å². The number of carbonyl (C=O) groups excluding carboxylic acids is 1. The third-order valence-electron chi connectivity index (χ3n) is 2.59. The number of carbonyl (C=O) groups is 1. The van der Waals surface area contributed by atoms with Gasteiger partial charge in [0.15, 0.2) is 0 Å². The second-order valence-corrected chi connectivity index (χ2v) is 4.13. The summed E-state index contributed by atoms with van der Waals surface area (Å²) in [6.45, 7) is 4.49. The lowest BCUT2D eigenvalue weighted by Gasteiger charge is -2.04. The van der Waals surface area contributed by atoms with Gasteiger partial charge in [0, 0.05) is 25.4 Å². The van der Waals surface area contributed by atoms with Gasteiger partial charge in [0.2, 0.25) is 5.91 Å². The molecular weight excluding hydrogens is 212 g/mol. The van der Waals surface area contributed by atoms with Gasteiger partial charge in [0.1, 0.15) is 0 Å². The molecule has 0 unspecified atom stereocenters. The van der Waals surface area contributed by atoms with Gasteiger partial charge in [0.05, 0.1) is 0 Å². The van der Waals surface area contributed by atoms with E-state index < -0.39 is 0 Å². The van der Waals surface area contributed by atoms with Crippen molar-refractivity contribution in [1.29, 1.82) is 0 Å². The van der Waals surface area contributed by atoms with E-state index in [9.17, 15) is 4.79 Å². The summed E-state index contributed by atoms with van der Waals surface area (Å²) >= 11 is 0. The Bertz CT molecular complexity index is 311. The topological polar surface area (TPSA) is 42.0 Å². The number of aryl methyl sites for hydroxylation is 1. The quantitative estimate of drug-likeness (QED) is 0.701. The SMILES string of the molecule is [CH2]CCCNC(=O)CCCCc1cccnc1. The van der Waals surface area contributed by atoms with Crippen LogP contribution in [-0.2, 0) is 11.2 Å². The molecule has 0 bridgehead atoms. The second kappa shape index (κ2) is 8.74. The van der Waals surface area contributed by atoms with Gasteiger partial charge in [-0.2, -0.15) is 0 Å². The third-order valence-corrected chi connectivity index (χ3v) is 2.59. The molecule has 1 aromatic heterocycles. The fourth-order valence-corrected chi connectivity index (χ4v) is 1.60. The van der Waals surface area contributed by atoms with Gasteiger partial charge in [-0.15, -0.1) is 0 Å². The van der Waals surface area contributed by atoms with E-state index in [1.165, 1.54) is 5.56 Å². The molecule has 3 heteroatoms. The van der Waals surface area contributed by atoms with Crippen molar-refractivity contribution in [2.24, 2.45) is 0 Å². The Kier molecular flexibility index (Phi) is 7.03. The van der Waals surface area contributed by atoms with E-state index in [-0.39, 0.29) is 5.91 Å². The number of rotatable bonds is 8. The van der Waals surface area contributed by atoms with Crippen molar-refractivity contribution in [2.45, 2.75) is 38.5 Å². The zero-order valence-electron chi connectivity index (χ0n) is 10.3. The molecule has 0 aliphatic carbocycles. The summed E-state index contributed by atoms with van der Waals surface area (Å²) in [6, 6.07) is 4.02. The van der Waals surface area contributed by atoms with Gasteiger partial charge in [-0.1, -0.05) is 19.4 Å². The van der Waals surface area contributed by atoms with E-state index in [0.29, 0.717) is 6.42 Å². The number of nitrogens with zero attached hydrogens (tertiary/aromatic N) is 1. The summed E-state index contributed by atoms with van der Waals surface area (Å²) in [7, 11) is 0. The summed E-state index contributed by atoms with van der Waals surface area (Å²) in [6.07, 6.45) is 9.09. The van der Waals surface area contributed by atoms with Crippen molar-refractivity contribution in [1.82, 2.24) is 10.3 Å². The molecule has 0 aliphatic heterocycles. The molecule has 1 radical (unpaired) electrons. The molecule has 0 saturated carbocycles. The van der Waals surface area contributed by atoms with E-state index >= 15 is 0 Å². The van der Waals surface area contributed by atoms with Crippen LogP contribution in [0.4, 0.5) is 0 Å². The third kappa shape index (κ3) is 6.72. The lowest BCUT2D eigenvalue weighted by molar-refractivity contribution is -0.121. The maximum atomic E-state index is 11.4. The summed E-state index contributed by atoms with van der Waals surface area (Å²) in [4.78, 5) is 15.4. The number of amides is 1. The van der Waals surface area contributed by atoms with Gasteiger partial charge in [-0.05, 0) is 37.3 Å². The second-order valence-electron chi connectivity index (χ2n) is 4.13. The highest BCUT2D eigenvalue weighted by Gasteiger charge is 2.00. The number of aromatic nitrogens is 1. The normalized spacial score (nSPS) is 10.2. The fraction of sp³-hybridized carbons (Fsp3) is 0.500. The van der Waals surface area contributed by atoms with E-state index in [1.54, 1.807) is 6.20 Å². The highest BCUT2D eigenvalue weighted by atomic mass is 16.1. The number of hydrogen-bond acceptors (Lipinski definition) is 2. The highest BCUT2D eigenvalue weighted by Crippen LogP contribution is 2.04. The van der Waals surface area contributed by atoms with Crippen molar-refractivity contribution < 1.29 is 4.79 Å². The highest BCUT2D eigenvalue weighted by molar-refractivity contribution is 5.75. The standard InChI is InChI=1S/C14H21N2O/c1-2-3-11-16-14(17)9-5-4-7-13-8-6-10-15-12-13/h6,8,10,12H,1-5,7,9,11H2,(H,16,17). The Labute approximate surface area is 104 Å². The lowest BCUT2D eigenvalue weighted by atomic mass is 10.1. The lowest BCUT2D eigenvalue weighted by Crippen LogP contribution is -2.23. The molecule has 0 spiro atoms. The molecule has 1 N–H and O–H groups in total. The smallest absolute Gasteiger partial charge is 0.219 e. The summed E-state index contributed by atoms with van der Waals surface area (Å²) in [5.41, 5.74) is 1.24. The average molecular weight is 233 g/mol. The molecule has 0 aromatic carbocycles. The maximum absolute atomic E-state index is 11.4. The molecule has 1 aromatic rings. The van der Waals surface area contributed by atoms with Crippen LogP contribution in [0, 0.1) is 6.92 Å². The summed E-state index contributed by atoms with van der Waals surface area (Å²) < 4.78 is 0. The van der Waals surface area contributed by atoms with Gasteiger partial charge in [0.25, 0.3) is 0 Å².